The zero-order chi connectivity index (χ0) is 39.5. The van der Waals surface area contributed by atoms with Gasteiger partial charge in [0.05, 0.1) is 36.7 Å². The molecule has 0 radical (unpaired) electrons. The molecule has 2 aromatic heterocycles. The molecule has 2 saturated heterocycles. The van der Waals surface area contributed by atoms with Gasteiger partial charge in [-0.25, -0.2) is 22.0 Å². The van der Waals surface area contributed by atoms with E-state index in [0.717, 1.165) is 66.7 Å². The lowest BCUT2D eigenvalue weighted by atomic mass is 10.1. The maximum atomic E-state index is 14.0. The summed E-state index contributed by atoms with van der Waals surface area (Å²) >= 11 is 0. The number of benzene rings is 2. The second-order valence-corrected chi connectivity index (χ2v) is 19.3. The molecule has 4 aromatic rings. The van der Waals surface area contributed by atoms with Gasteiger partial charge in [0.2, 0.25) is 0 Å². The van der Waals surface area contributed by atoms with Crippen LogP contribution in [0, 0.1) is 0 Å². The van der Waals surface area contributed by atoms with E-state index in [-0.39, 0.29) is 34.2 Å². The van der Waals surface area contributed by atoms with Crippen LogP contribution in [0.25, 0.3) is 0 Å². The highest BCUT2D eigenvalue weighted by Gasteiger charge is 2.32. The third-order valence-corrected chi connectivity index (χ3v) is 11.8. The van der Waals surface area contributed by atoms with Crippen molar-refractivity contribution in [1.82, 2.24) is 33.7 Å². The van der Waals surface area contributed by atoms with Crippen LogP contribution in [0.15, 0.2) is 70.7 Å². The lowest BCUT2D eigenvalue weighted by molar-refractivity contribution is 0.162. The molecule has 0 bridgehead atoms. The predicted octanol–water partition coefficient (Wildman–Crippen LogP) is 4.74. The van der Waals surface area contributed by atoms with Crippen LogP contribution in [0.2, 0.25) is 0 Å². The Kier molecular flexibility index (Phi) is 12.6. The first kappa shape index (κ1) is 41.4. The van der Waals surface area contributed by atoms with Crippen molar-refractivity contribution in [2.45, 2.75) is 102 Å². The number of primary sulfonamides is 1. The van der Waals surface area contributed by atoms with Gasteiger partial charge in [-0.3, -0.25) is 19.2 Å². The smallest absolute Gasteiger partial charge is 0.263 e. The number of nitrogens with two attached hydrogens (primary N) is 1. The second-order valence-electron chi connectivity index (χ2n) is 15.9. The summed E-state index contributed by atoms with van der Waals surface area (Å²) in [5.41, 5.74) is 2.93. The van der Waals surface area contributed by atoms with Gasteiger partial charge in [-0.1, -0.05) is 24.3 Å². The summed E-state index contributed by atoms with van der Waals surface area (Å²) in [5.74, 6) is 1.45. The zero-order valence-corrected chi connectivity index (χ0v) is 34.5. The van der Waals surface area contributed by atoms with Gasteiger partial charge in [0.25, 0.3) is 20.0 Å². The Morgan fingerprint density at radius 3 is 1.33 bits per heavy atom. The molecular formula is C38H56N8O6S2. The van der Waals surface area contributed by atoms with E-state index in [9.17, 15) is 16.8 Å². The first-order valence-electron chi connectivity index (χ1n) is 18.2. The molecule has 0 spiro atoms. The molecule has 296 valence electrons. The van der Waals surface area contributed by atoms with Crippen LogP contribution in [-0.4, -0.2) is 90.9 Å². The van der Waals surface area contributed by atoms with E-state index in [1.165, 1.54) is 17.1 Å². The van der Waals surface area contributed by atoms with Crippen LogP contribution in [0.4, 0.5) is 0 Å². The number of aromatic nitrogens is 4. The van der Waals surface area contributed by atoms with Crippen LogP contribution in [0.1, 0.15) is 76.9 Å². The highest BCUT2D eigenvalue weighted by Crippen LogP contribution is 2.28. The number of rotatable bonds is 13. The van der Waals surface area contributed by atoms with Crippen molar-refractivity contribution in [3.05, 3.63) is 83.2 Å². The van der Waals surface area contributed by atoms with Crippen LogP contribution < -0.4 is 14.6 Å². The minimum Gasteiger partial charge on any atom is -0.497 e. The summed E-state index contributed by atoms with van der Waals surface area (Å²) in [7, 11) is -4.41. The number of sulfonamides is 2. The van der Waals surface area contributed by atoms with Gasteiger partial charge in [0.1, 0.15) is 11.5 Å². The largest absolute Gasteiger partial charge is 0.497 e. The summed E-state index contributed by atoms with van der Waals surface area (Å²) in [6.07, 6.45) is 2.37. The van der Waals surface area contributed by atoms with Gasteiger partial charge < -0.3 is 9.47 Å². The molecule has 0 aliphatic carbocycles. The van der Waals surface area contributed by atoms with Gasteiger partial charge in [-0.05, 0) is 116 Å². The predicted molar refractivity (Wildman–Crippen MR) is 208 cm³/mol. The van der Waals surface area contributed by atoms with E-state index in [1.807, 2.05) is 94.8 Å². The van der Waals surface area contributed by atoms with Crippen LogP contribution in [0.5, 0.6) is 11.5 Å². The van der Waals surface area contributed by atoms with Crippen molar-refractivity contribution in [3.8, 4) is 11.5 Å². The minimum absolute atomic E-state index is 0.0482. The maximum Gasteiger partial charge on any atom is 0.263 e. The number of likely N-dealkylation sites (tertiary alicyclic amines) is 2. The Hall–Kier alpha value is -3.80. The number of ether oxygens (including phenoxy) is 2. The monoisotopic (exact) mass is 784 g/mol. The maximum absolute atomic E-state index is 14.0. The summed E-state index contributed by atoms with van der Waals surface area (Å²) in [5, 5.41) is 14.0. The van der Waals surface area contributed by atoms with Crippen molar-refractivity contribution in [2.75, 3.05) is 40.4 Å². The van der Waals surface area contributed by atoms with E-state index < -0.39 is 20.0 Å². The third kappa shape index (κ3) is 10.3. The molecule has 6 rings (SSSR count). The van der Waals surface area contributed by atoms with E-state index in [1.54, 1.807) is 31.0 Å². The molecule has 4 heterocycles. The normalized spacial score (nSPS) is 15.7. The fraction of sp³-hybridized carbons (Fsp3) is 0.526. The summed E-state index contributed by atoms with van der Waals surface area (Å²) in [6, 6.07) is 18.2. The second kappa shape index (κ2) is 16.5. The third-order valence-electron chi connectivity index (χ3n) is 9.39. The van der Waals surface area contributed by atoms with Crippen LogP contribution >= 0.6 is 0 Å². The highest BCUT2D eigenvalue weighted by molar-refractivity contribution is 7.89. The molecule has 0 atom stereocenters. The average Bonchev–Trinajstić information content (AvgIpc) is 3.71. The molecule has 2 N–H and O–H groups in total. The molecule has 2 aromatic carbocycles. The van der Waals surface area contributed by atoms with Crippen molar-refractivity contribution >= 4 is 20.0 Å². The molecule has 16 heteroatoms. The topological polar surface area (TPSA) is 158 Å². The fourth-order valence-electron chi connectivity index (χ4n) is 6.21. The van der Waals surface area contributed by atoms with E-state index in [4.69, 9.17) is 14.6 Å². The van der Waals surface area contributed by atoms with E-state index in [0.29, 0.717) is 6.54 Å². The number of hydrogen-bond acceptors (Lipinski definition) is 10. The molecule has 2 aliphatic rings. The Morgan fingerprint density at radius 2 is 1.02 bits per heavy atom. The quantitative estimate of drug-likeness (QED) is 0.201. The van der Waals surface area contributed by atoms with Gasteiger partial charge in [-0.15, -0.1) is 0 Å². The molecule has 0 unspecified atom stereocenters. The van der Waals surface area contributed by atoms with Crippen molar-refractivity contribution in [1.29, 1.82) is 0 Å². The molecule has 14 nitrogen and oxygen atoms in total. The first-order chi connectivity index (χ1) is 25.3. The van der Waals surface area contributed by atoms with Gasteiger partial charge in [0.15, 0.2) is 10.1 Å². The standard InChI is InChI=1S/C27H36N4O4S.C11H20N4O2S/c1-27(2,3)31-23(20-29-15-6-16-29)17-26(28-31)36(32,33)30(18-21-7-11-24(34-4)12-8-21)19-22-9-13-25(35-5)14-10-22;1-11(2,3)15-9(8-14-5-4-6-14)7-10(13-15)18(12,16)17/h7-14,17H,6,15-16,18-20H2,1-5H3;7H,4-6,8H2,1-3H3,(H2,12,16,17). The SMILES string of the molecule is CC(C)(C)n1nc(S(N)(=O)=O)cc1CN1CCC1.COc1ccc(CN(Cc2ccc(OC)cc2)S(=O)(=O)c2cc(CN3CCC3)n(C(C)(C)C)n2)cc1. The van der Waals surface area contributed by atoms with Crippen LogP contribution in [0.3, 0.4) is 0 Å². The van der Waals surface area contributed by atoms with Crippen molar-refractivity contribution < 1.29 is 26.3 Å². The molecule has 54 heavy (non-hydrogen) atoms. The number of methoxy groups -OCH3 is 2. The van der Waals surface area contributed by atoms with E-state index >= 15 is 0 Å². The first-order valence-corrected chi connectivity index (χ1v) is 21.2. The zero-order valence-electron chi connectivity index (χ0n) is 32.8. The fourth-order valence-corrected chi connectivity index (χ4v) is 8.08. The summed E-state index contributed by atoms with van der Waals surface area (Å²) in [4.78, 5) is 4.56. The molecular weight excluding hydrogens is 729 g/mol. The van der Waals surface area contributed by atoms with Gasteiger partial charge in [-0.2, -0.15) is 14.5 Å². The molecule has 0 saturated carbocycles. The average molecular weight is 785 g/mol. The van der Waals surface area contributed by atoms with E-state index in [2.05, 4.69) is 20.0 Å². The van der Waals surface area contributed by atoms with Crippen molar-refractivity contribution in [2.24, 2.45) is 5.14 Å². The number of nitrogens with zero attached hydrogens (tertiary/aromatic N) is 7. The molecule has 2 aliphatic heterocycles. The Bertz CT molecular complexity index is 2020. The lowest BCUT2D eigenvalue weighted by Gasteiger charge is -2.32. The Labute approximate surface area is 320 Å². The minimum atomic E-state index is -3.89. The van der Waals surface area contributed by atoms with Gasteiger partial charge in [0, 0.05) is 38.3 Å². The lowest BCUT2D eigenvalue weighted by Crippen LogP contribution is -2.38. The Balaban J connectivity index is 0.000000260. The van der Waals surface area contributed by atoms with Gasteiger partial charge >= 0.3 is 0 Å². The molecule has 0 amide bonds. The summed E-state index contributed by atoms with van der Waals surface area (Å²) in [6.45, 7) is 18.1. The summed E-state index contributed by atoms with van der Waals surface area (Å²) < 4.78 is 66.5. The molecule has 2 fully saturated rings. The van der Waals surface area contributed by atoms with Crippen molar-refractivity contribution in [3.63, 3.8) is 0 Å². The van der Waals surface area contributed by atoms with Crippen LogP contribution in [-0.2, 0) is 57.3 Å². The highest BCUT2D eigenvalue weighted by atomic mass is 32.2. The number of hydrogen-bond donors (Lipinski definition) is 1. The Morgan fingerprint density at radius 1 is 0.648 bits per heavy atom.